The molecule has 0 saturated carbocycles. The molecule has 0 atom stereocenters. The highest BCUT2D eigenvalue weighted by Crippen LogP contribution is 2.43. The summed E-state index contributed by atoms with van der Waals surface area (Å²) in [5.74, 6) is 1.25. The fourth-order valence-corrected chi connectivity index (χ4v) is 2.00. The van der Waals surface area contributed by atoms with Gasteiger partial charge in [0.25, 0.3) is 0 Å². The van der Waals surface area contributed by atoms with Gasteiger partial charge in [0.05, 0.1) is 0 Å². The first-order valence-electron chi connectivity index (χ1n) is 5.77. The first kappa shape index (κ1) is 11.3. The van der Waals surface area contributed by atoms with E-state index >= 15 is 0 Å². The third kappa shape index (κ3) is 2.31. The molecule has 0 amide bonds. The molecule has 16 heavy (non-hydrogen) atoms. The predicted octanol–water partition coefficient (Wildman–Crippen LogP) is 3.78. The number of fused-ring (bicyclic) bond motifs is 1. The highest BCUT2D eigenvalue weighted by molar-refractivity contribution is 5.49. The van der Waals surface area contributed by atoms with E-state index in [2.05, 4.69) is 26.8 Å². The lowest BCUT2D eigenvalue weighted by Crippen LogP contribution is -2.30. The van der Waals surface area contributed by atoms with Crippen LogP contribution in [0.3, 0.4) is 0 Å². The SMILES string of the molecule is CC(C)(C)Cc1cccc2c1OC(C)(C)O2. The Hall–Kier alpha value is -1.18. The standard InChI is InChI=1S/C14H20O2/c1-13(2,3)9-10-7-6-8-11-12(10)16-14(4,5)15-11/h6-8H,9H2,1-5H3. The summed E-state index contributed by atoms with van der Waals surface area (Å²) >= 11 is 0. The fraction of sp³-hybridized carbons (Fsp3) is 0.571. The molecule has 1 aromatic carbocycles. The largest absolute Gasteiger partial charge is 0.449 e. The molecule has 2 rings (SSSR count). The first-order chi connectivity index (χ1) is 7.27. The van der Waals surface area contributed by atoms with Gasteiger partial charge < -0.3 is 9.47 Å². The topological polar surface area (TPSA) is 18.5 Å². The van der Waals surface area contributed by atoms with Crippen LogP contribution in [0.15, 0.2) is 18.2 Å². The highest BCUT2D eigenvalue weighted by Gasteiger charge is 2.33. The summed E-state index contributed by atoms with van der Waals surface area (Å²) in [5.41, 5.74) is 1.49. The molecule has 0 aliphatic carbocycles. The molecule has 0 radical (unpaired) electrons. The van der Waals surface area contributed by atoms with E-state index in [1.807, 2.05) is 26.0 Å². The van der Waals surface area contributed by atoms with Crippen LogP contribution in [0.2, 0.25) is 0 Å². The van der Waals surface area contributed by atoms with Gasteiger partial charge in [-0.3, -0.25) is 0 Å². The summed E-state index contributed by atoms with van der Waals surface area (Å²) in [6.07, 6.45) is 0.996. The van der Waals surface area contributed by atoms with E-state index in [-0.39, 0.29) is 5.41 Å². The second-order valence-electron chi connectivity index (χ2n) is 6.09. The molecule has 1 aliphatic rings. The van der Waals surface area contributed by atoms with Crippen LogP contribution in [0.4, 0.5) is 0 Å². The molecule has 0 unspecified atom stereocenters. The van der Waals surface area contributed by atoms with Gasteiger partial charge in [-0.2, -0.15) is 0 Å². The molecule has 88 valence electrons. The molecule has 0 aromatic heterocycles. The van der Waals surface area contributed by atoms with Crippen molar-refractivity contribution in [3.63, 3.8) is 0 Å². The molecule has 2 nitrogen and oxygen atoms in total. The zero-order chi connectivity index (χ0) is 12.0. The van der Waals surface area contributed by atoms with Crippen LogP contribution in [-0.4, -0.2) is 5.79 Å². The lowest BCUT2D eigenvalue weighted by atomic mass is 9.88. The van der Waals surface area contributed by atoms with Crippen LogP contribution in [-0.2, 0) is 6.42 Å². The van der Waals surface area contributed by atoms with Gasteiger partial charge in [-0.15, -0.1) is 0 Å². The molecule has 0 spiro atoms. The average Bonchev–Trinajstić information content (AvgIpc) is 2.37. The van der Waals surface area contributed by atoms with Crippen molar-refractivity contribution in [1.82, 2.24) is 0 Å². The molecule has 0 saturated heterocycles. The van der Waals surface area contributed by atoms with E-state index in [0.717, 1.165) is 17.9 Å². The van der Waals surface area contributed by atoms with Crippen LogP contribution in [0, 0.1) is 5.41 Å². The van der Waals surface area contributed by atoms with Gasteiger partial charge >= 0.3 is 0 Å². The van der Waals surface area contributed by atoms with Gasteiger partial charge in [-0.25, -0.2) is 0 Å². The Morgan fingerprint density at radius 2 is 1.81 bits per heavy atom. The monoisotopic (exact) mass is 220 g/mol. The molecule has 2 heteroatoms. The van der Waals surface area contributed by atoms with Crippen LogP contribution in [0.1, 0.15) is 40.2 Å². The van der Waals surface area contributed by atoms with Crippen LogP contribution in [0.25, 0.3) is 0 Å². The van der Waals surface area contributed by atoms with Crippen molar-refractivity contribution in [3.05, 3.63) is 23.8 Å². The van der Waals surface area contributed by atoms with Gasteiger partial charge in [-0.1, -0.05) is 32.9 Å². The van der Waals surface area contributed by atoms with Gasteiger partial charge in [0.15, 0.2) is 11.5 Å². The number of rotatable bonds is 1. The van der Waals surface area contributed by atoms with E-state index in [1.54, 1.807) is 0 Å². The summed E-state index contributed by atoms with van der Waals surface area (Å²) in [6, 6.07) is 6.12. The van der Waals surface area contributed by atoms with Crippen LogP contribution in [0.5, 0.6) is 11.5 Å². The predicted molar refractivity (Wildman–Crippen MR) is 64.9 cm³/mol. The van der Waals surface area contributed by atoms with Crippen molar-refractivity contribution in [3.8, 4) is 11.5 Å². The Morgan fingerprint density at radius 3 is 2.44 bits per heavy atom. The summed E-state index contributed by atoms with van der Waals surface area (Å²) in [7, 11) is 0. The van der Waals surface area contributed by atoms with Crippen molar-refractivity contribution in [2.24, 2.45) is 5.41 Å². The smallest absolute Gasteiger partial charge is 0.246 e. The Kier molecular flexibility index (Phi) is 2.41. The normalized spacial score (nSPS) is 17.6. The van der Waals surface area contributed by atoms with Gasteiger partial charge in [-0.05, 0) is 23.5 Å². The Labute approximate surface area is 97.6 Å². The maximum atomic E-state index is 5.85. The highest BCUT2D eigenvalue weighted by atomic mass is 16.7. The Bertz CT molecular complexity index is 400. The molecular formula is C14H20O2. The van der Waals surface area contributed by atoms with Gasteiger partial charge in [0.2, 0.25) is 5.79 Å². The fourth-order valence-electron chi connectivity index (χ4n) is 2.00. The van der Waals surface area contributed by atoms with Gasteiger partial charge in [0, 0.05) is 13.8 Å². The lowest BCUT2D eigenvalue weighted by molar-refractivity contribution is -0.0436. The maximum absolute atomic E-state index is 5.85. The number of para-hydroxylation sites is 1. The zero-order valence-electron chi connectivity index (χ0n) is 10.8. The molecule has 0 N–H and O–H groups in total. The van der Waals surface area contributed by atoms with Crippen molar-refractivity contribution >= 4 is 0 Å². The number of benzene rings is 1. The van der Waals surface area contributed by atoms with Crippen LogP contribution >= 0.6 is 0 Å². The minimum absolute atomic E-state index is 0.255. The first-order valence-corrected chi connectivity index (χ1v) is 5.77. The third-order valence-corrected chi connectivity index (χ3v) is 2.48. The average molecular weight is 220 g/mol. The molecular weight excluding hydrogens is 200 g/mol. The quantitative estimate of drug-likeness (QED) is 0.717. The molecule has 1 aromatic rings. The molecule has 1 aliphatic heterocycles. The lowest BCUT2D eigenvalue weighted by Gasteiger charge is -2.20. The third-order valence-electron chi connectivity index (χ3n) is 2.48. The zero-order valence-corrected chi connectivity index (χ0v) is 10.8. The minimum Gasteiger partial charge on any atom is -0.449 e. The summed E-state index contributed by atoms with van der Waals surface area (Å²) < 4.78 is 11.6. The molecule has 0 fully saturated rings. The van der Waals surface area contributed by atoms with Crippen molar-refractivity contribution in [1.29, 1.82) is 0 Å². The van der Waals surface area contributed by atoms with Crippen molar-refractivity contribution in [2.75, 3.05) is 0 Å². The van der Waals surface area contributed by atoms with Crippen LogP contribution < -0.4 is 9.47 Å². The van der Waals surface area contributed by atoms with Crippen molar-refractivity contribution in [2.45, 2.75) is 46.8 Å². The van der Waals surface area contributed by atoms with E-state index < -0.39 is 5.79 Å². The maximum Gasteiger partial charge on any atom is 0.246 e. The number of hydrogen-bond donors (Lipinski definition) is 0. The van der Waals surface area contributed by atoms with E-state index in [4.69, 9.17) is 9.47 Å². The second-order valence-corrected chi connectivity index (χ2v) is 6.09. The minimum atomic E-state index is -0.531. The van der Waals surface area contributed by atoms with E-state index in [1.165, 1.54) is 5.56 Å². The van der Waals surface area contributed by atoms with Crippen molar-refractivity contribution < 1.29 is 9.47 Å². The molecule has 1 heterocycles. The second kappa shape index (κ2) is 3.41. The Morgan fingerprint density at radius 1 is 1.12 bits per heavy atom. The summed E-state index contributed by atoms with van der Waals surface area (Å²) in [5, 5.41) is 0. The number of ether oxygens (including phenoxy) is 2. The number of hydrogen-bond acceptors (Lipinski definition) is 2. The summed E-state index contributed by atoms with van der Waals surface area (Å²) in [4.78, 5) is 0. The van der Waals surface area contributed by atoms with E-state index in [9.17, 15) is 0 Å². The molecule has 0 bridgehead atoms. The van der Waals surface area contributed by atoms with E-state index in [0.29, 0.717) is 0 Å². The van der Waals surface area contributed by atoms with Gasteiger partial charge in [0.1, 0.15) is 0 Å². The summed E-state index contributed by atoms with van der Waals surface area (Å²) in [6.45, 7) is 10.6. The Balaban J connectivity index is 2.34.